The van der Waals surface area contributed by atoms with Crippen LogP contribution in [0.15, 0.2) is 29.2 Å². The van der Waals surface area contributed by atoms with Gasteiger partial charge in [0.05, 0.1) is 10.8 Å². The summed E-state index contributed by atoms with van der Waals surface area (Å²) in [5, 5.41) is 8.33. The summed E-state index contributed by atoms with van der Waals surface area (Å²) in [6.45, 7) is 2.02. The molecule has 1 aromatic carbocycles. The van der Waals surface area contributed by atoms with Crippen LogP contribution in [0.3, 0.4) is 0 Å². The predicted octanol–water partition coefficient (Wildman–Crippen LogP) is 0.702. The number of carbonyl (C=O) groups is 1. The van der Waals surface area contributed by atoms with E-state index in [-0.39, 0.29) is 5.75 Å². The Balaban J connectivity index is 2.61. The highest BCUT2D eigenvalue weighted by molar-refractivity contribution is 7.85. The first-order valence-corrected chi connectivity index (χ1v) is 6.43. The highest BCUT2D eigenvalue weighted by Gasteiger charge is 2.09. The van der Waals surface area contributed by atoms with Crippen LogP contribution in [0.25, 0.3) is 0 Å². The lowest BCUT2D eigenvalue weighted by molar-refractivity contribution is -0.126. The van der Waals surface area contributed by atoms with Gasteiger partial charge in [0.2, 0.25) is 0 Å². The van der Waals surface area contributed by atoms with Crippen molar-refractivity contribution in [2.45, 2.75) is 11.8 Å². The number of rotatable bonds is 5. The molecule has 1 amide bonds. The van der Waals surface area contributed by atoms with Crippen LogP contribution in [0, 0.1) is 11.8 Å². The molecule has 96 valence electrons. The molecule has 0 aromatic heterocycles. The number of ether oxygens (including phenoxy) is 1. The van der Waals surface area contributed by atoms with Crippen molar-refractivity contribution in [3.63, 3.8) is 0 Å². The summed E-state index contributed by atoms with van der Waals surface area (Å²) in [7, 11) is -1.48. The molecule has 0 saturated carbocycles. The molecule has 0 aliphatic carbocycles. The number of carbonyl (C=O) groups excluding carboxylic acids is 1. The van der Waals surface area contributed by atoms with E-state index in [4.69, 9.17) is 9.94 Å². The second-order valence-electron chi connectivity index (χ2n) is 3.21. The van der Waals surface area contributed by atoms with Gasteiger partial charge in [0.15, 0.2) is 0 Å². The quantitative estimate of drug-likeness (QED) is 0.468. The lowest BCUT2D eigenvalue weighted by atomic mass is 10.3. The first-order valence-electron chi connectivity index (χ1n) is 5.11. The molecule has 1 aromatic rings. The molecule has 1 unspecified atom stereocenters. The van der Waals surface area contributed by atoms with Crippen molar-refractivity contribution >= 4 is 16.7 Å². The maximum absolute atomic E-state index is 11.7. The minimum Gasteiger partial charge on any atom is -0.481 e. The molecule has 0 saturated heterocycles. The third kappa shape index (κ3) is 4.57. The molecule has 1 rings (SSSR count). The average molecular weight is 267 g/mol. The Morgan fingerprint density at radius 1 is 1.44 bits per heavy atom. The van der Waals surface area contributed by atoms with Crippen molar-refractivity contribution in [1.29, 1.82) is 0 Å². The Kier molecular flexibility index (Phi) is 5.91. The zero-order valence-electron chi connectivity index (χ0n) is 9.80. The van der Waals surface area contributed by atoms with Crippen molar-refractivity contribution in [1.82, 2.24) is 5.48 Å². The molecule has 5 nitrogen and oxygen atoms in total. The largest absolute Gasteiger partial charge is 0.481 e. The lowest BCUT2D eigenvalue weighted by Gasteiger charge is -2.04. The van der Waals surface area contributed by atoms with E-state index in [0.717, 1.165) is 0 Å². The Labute approximate surface area is 108 Å². The summed E-state index contributed by atoms with van der Waals surface area (Å²) in [6.07, 6.45) is 0. The van der Waals surface area contributed by atoms with Crippen LogP contribution in [-0.2, 0) is 15.6 Å². The third-order valence-electron chi connectivity index (χ3n) is 1.96. The Morgan fingerprint density at radius 3 is 2.67 bits per heavy atom. The first kappa shape index (κ1) is 14.2. The van der Waals surface area contributed by atoms with E-state index < -0.39 is 16.7 Å². The van der Waals surface area contributed by atoms with Crippen molar-refractivity contribution in [3.8, 4) is 17.6 Å². The summed E-state index contributed by atoms with van der Waals surface area (Å²) in [5.74, 6) is 5.11. The van der Waals surface area contributed by atoms with Gasteiger partial charge < -0.3 is 4.74 Å². The van der Waals surface area contributed by atoms with Gasteiger partial charge in [0.25, 0.3) is 5.91 Å². The number of benzene rings is 1. The summed E-state index contributed by atoms with van der Waals surface area (Å²) in [6, 6.07) is 6.52. The molecule has 0 radical (unpaired) electrons. The fourth-order valence-electron chi connectivity index (χ4n) is 1.11. The second kappa shape index (κ2) is 7.48. The standard InChI is InChI=1S/C12H13NO4S/c1-2-3-8-17-10-4-6-11(7-5-10)18(16)9-12(14)13-15/h4-7,15H,8-9H2,1H3,(H,13,14). The average Bonchev–Trinajstić information content (AvgIpc) is 2.39. The molecule has 0 aliphatic rings. The summed E-state index contributed by atoms with van der Waals surface area (Å²) in [4.78, 5) is 11.3. The maximum atomic E-state index is 11.7. The Hall–Kier alpha value is -1.84. The third-order valence-corrected chi connectivity index (χ3v) is 3.28. The Bertz CT molecular complexity index is 487. The van der Waals surface area contributed by atoms with Crippen LogP contribution < -0.4 is 10.2 Å². The summed E-state index contributed by atoms with van der Waals surface area (Å²) < 4.78 is 17.0. The molecule has 0 bridgehead atoms. The number of hydrogen-bond acceptors (Lipinski definition) is 4. The molecule has 1 atom stereocenters. The summed E-state index contributed by atoms with van der Waals surface area (Å²) in [5.41, 5.74) is 1.44. The highest BCUT2D eigenvalue weighted by atomic mass is 32.2. The molecular formula is C12H13NO4S. The lowest BCUT2D eigenvalue weighted by Crippen LogP contribution is -2.24. The number of nitrogens with one attached hydrogen (secondary N) is 1. The monoisotopic (exact) mass is 267 g/mol. The van der Waals surface area contributed by atoms with E-state index in [2.05, 4.69) is 11.8 Å². The molecule has 0 aliphatic heterocycles. The molecule has 18 heavy (non-hydrogen) atoms. The van der Waals surface area contributed by atoms with Crippen LogP contribution in [0.5, 0.6) is 5.75 Å². The molecular weight excluding hydrogens is 254 g/mol. The van der Waals surface area contributed by atoms with Crippen LogP contribution in [-0.4, -0.2) is 27.7 Å². The number of hydroxylamine groups is 1. The maximum Gasteiger partial charge on any atom is 0.256 e. The molecule has 0 heterocycles. The number of hydrogen-bond donors (Lipinski definition) is 2. The highest BCUT2D eigenvalue weighted by Crippen LogP contribution is 2.14. The van der Waals surface area contributed by atoms with Gasteiger partial charge in [0, 0.05) is 4.90 Å². The minimum absolute atomic E-state index is 0.280. The van der Waals surface area contributed by atoms with Crippen LogP contribution in [0.4, 0.5) is 0 Å². The zero-order valence-corrected chi connectivity index (χ0v) is 10.6. The van der Waals surface area contributed by atoms with E-state index in [0.29, 0.717) is 17.3 Å². The summed E-state index contributed by atoms with van der Waals surface area (Å²) >= 11 is 0. The zero-order chi connectivity index (χ0) is 13.4. The topological polar surface area (TPSA) is 75.6 Å². The van der Waals surface area contributed by atoms with E-state index in [9.17, 15) is 9.00 Å². The second-order valence-corrected chi connectivity index (χ2v) is 4.66. The van der Waals surface area contributed by atoms with Crippen molar-refractivity contribution in [3.05, 3.63) is 24.3 Å². The van der Waals surface area contributed by atoms with Crippen LogP contribution >= 0.6 is 0 Å². The molecule has 0 fully saturated rings. The van der Waals surface area contributed by atoms with Crippen molar-refractivity contribution < 1.29 is 18.9 Å². The SMILES string of the molecule is CC#CCOc1ccc(S(=O)CC(=O)NO)cc1. The van der Waals surface area contributed by atoms with E-state index in [1.165, 1.54) is 5.48 Å². The van der Waals surface area contributed by atoms with Gasteiger partial charge in [-0.1, -0.05) is 5.92 Å². The van der Waals surface area contributed by atoms with Crippen LogP contribution in [0.2, 0.25) is 0 Å². The van der Waals surface area contributed by atoms with Crippen LogP contribution in [0.1, 0.15) is 6.92 Å². The van der Waals surface area contributed by atoms with Gasteiger partial charge in [0.1, 0.15) is 18.1 Å². The van der Waals surface area contributed by atoms with E-state index in [1.54, 1.807) is 31.2 Å². The van der Waals surface area contributed by atoms with Gasteiger partial charge in [-0.15, -0.1) is 5.92 Å². The van der Waals surface area contributed by atoms with Gasteiger partial charge >= 0.3 is 0 Å². The van der Waals surface area contributed by atoms with Gasteiger partial charge in [-0.2, -0.15) is 0 Å². The number of amides is 1. The minimum atomic E-state index is -1.48. The fraction of sp³-hybridized carbons (Fsp3) is 0.250. The molecule has 6 heteroatoms. The van der Waals surface area contributed by atoms with E-state index >= 15 is 0 Å². The van der Waals surface area contributed by atoms with Gasteiger partial charge in [-0.25, -0.2) is 5.48 Å². The normalized spacial score (nSPS) is 11.0. The van der Waals surface area contributed by atoms with Crippen molar-refractivity contribution in [2.24, 2.45) is 0 Å². The molecule has 0 spiro atoms. The first-order chi connectivity index (χ1) is 8.67. The predicted molar refractivity (Wildman–Crippen MR) is 66.6 cm³/mol. The van der Waals surface area contributed by atoms with Gasteiger partial charge in [-0.05, 0) is 31.2 Å². The smallest absolute Gasteiger partial charge is 0.256 e. The van der Waals surface area contributed by atoms with E-state index in [1.807, 2.05) is 0 Å². The Morgan fingerprint density at radius 2 is 2.11 bits per heavy atom. The van der Waals surface area contributed by atoms with Crippen molar-refractivity contribution in [2.75, 3.05) is 12.4 Å². The fourth-order valence-corrected chi connectivity index (χ4v) is 2.02. The molecule has 2 N–H and O–H groups in total. The van der Waals surface area contributed by atoms with Gasteiger partial charge in [-0.3, -0.25) is 14.2 Å².